The minimum Gasteiger partial charge on any atom is -0.298 e. The lowest BCUT2D eigenvalue weighted by molar-refractivity contribution is -0.137. The molecule has 4 rings (SSSR count). The number of halogens is 6. The summed E-state index contributed by atoms with van der Waals surface area (Å²) in [6.07, 6.45) is -5.51. The Morgan fingerprint density at radius 1 is 1.00 bits per heavy atom. The van der Waals surface area contributed by atoms with Crippen molar-refractivity contribution < 1.29 is 39.6 Å². The van der Waals surface area contributed by atoms with Crippen LogP contribution < -0.4 is 0 Å². The van der Waals surface area contributed by atoms with E-state index in [4.69, 9.17) is 0 Å². The first-order valence-corrected chi connectivity index (χ1v) is 12.4. The topological polar surface area (TPSA) is 80.2 Å². The number of aryl methyl sites for hydroxylation is 1. The van der Waals surface area contributed by atoms with Crippen molar-refractivity contribution in [2.45, 2.75) is 42.5 Å². The molecule has 1 aliphatic rings. The molecule has 0 spiro atoms. The molecule has 2 heterocycles. The van der Waals surface area contributed by atoms with Gasteiger partial charge in [0.1, 0.15) is 12.5 Å². The van der Waals surface area contributed by atoms with Crippen LogP contribution >= 0.6 is 0 Å². The number of ketones is 1. The molecular weight excluding hydrogens is 524 g/mol. The van der Waals surface area contributed by atoms with Gasteiger partial charge < -0.3 is 0 Å². The molecule has 196 valence electrons. The SMILES string of the molecule is O=C(CCc1cc(-c2ccc(C(F)(F)F)cc2)ncn1)C1C[C@@H](F)CN1S(=O)(=O)c1ccc(F)c(F)c1. The van der Waals surface area contributed by atoms with Crippen molar-refractivity contribution in [3.8, 4) is 11.3 Å². The molecule has 0 N–H and O–H groups in total. The summed E-state index contributed by atoms with van der Waals surface area (Å²) in [4.78, 5) is 20.4. The largest absolute Gasteiger partial charge is 0.416 e. The lowest BCUT2D eigenvalue weighted by Crippen LogP contribution is -2.40. The van der Waals surface area contributed by atoms with E-state index >= 15 is 0 Å². The maximum absolute atomic E-state index is 14.2. The summed E-state index contributed by atoms with van der Waals surface area (Å²) in [6.45, 7) is -0.608. The van der Waals surface area contributed by atoms with Crippen LogP contribution in [-0.4, -0.2) is 47.2 Å². The summed E-state index contributed by atoms with van der Waals surface area (Å²) in [5.74, 6) is -3.24. The molecule has 0 bridgehead atoms. The Hall–Kier alpha value is -3.32. The van der Waals surface area contributed by atoms with E-state index in [1.54, 1.807) is 0 Å². The monoisotopic (exact) mass is 543 g/mol. The molecular formula is C24H19F6N3O3S. The predicted octanol–water partition coefficient (Wildman–Crippen LogP) is 4.74. The smallest absolute Gasteiger partial charge is 0.298 e. The van der Waals surface area contributed by atoms with E-state index in [9.17, 15) is 39.6 Å². The van der Waals surface area contributed by atoms with Gasteiger partial charge in [-0.25, -0.2) is 31.6 Å². The third-order valence-electron chi connectivity index (χ3n) is 5.93. The summed E-state index contributed by atoms with van der Waals surface area (Å²) in [5.41, 5.74) is 0.256. The van der Waals surface area contributed by atoms with Gasteiger partial charge in [-0.3, -0.25) is 4.79 Å². The van der Waals surface area contributed by atoms with Gasteiger partial charge in [-0.1, -0.05) is 12.1 Å². The second-order valence-corrected chi connectivity index (χ2v) is 10.3. The third kappa shape index (κ3) is 5.82. The number of nitrogens with zero attached hydrogens (tertiary/aromatic N) is 3. The molecule has 0 saturated carbocycles. The molecule has 2 atom stereocenters. The Kier molecular flexibility index (Phi) is 7.38. The van der Waals surface area contributed by atoms with Crippen molar-refractivity contribution in [3.05, 3.63) is 77.8 Å². The van der Waals surface area contributed by atoms with Gasteiger partial charge in [0.15, 0.2) is 17.4 Å². The minimum atomic E-state index is -4.49. The number of alkyl halides is 4. The molecule has 2 aromatic carbocycles. The lowest BCUT2D eigenvalue weighted by atomic mass is 10.0. The maximum atomic E-state index is 14.2. The van der Waals surface area contributed by atoms with Crippen LogP contribution in [0.25, 0.3) is 11.3 Å². The summed E-state index contributed by atoms with van der Waals surface area (Å²) in [6, 6.07) is 6.41. The van der Waals surface area contributed by atoms with E-state index in [1.165, 1.54) is 24.5 Å². The quantitative estimate of drug-likeness (QED) is 0.402. The van der Waals surface area contributed by atoms with E-state index in [2.05, 4.69) is 9.97 Å². The van der Waals surface area contributed by atoms with Crippen molar-refractivity contribution in [2.24, 2.45) is 0 Å². The van der Waals surface area contributed by atoms with Gasteiger partial charge in [0.2, 0.25) is 10.0 Å². The van der Waals surface area contributed by atoms with Gasteiger partial charge in [0.25, 0.3) is 0 Å². The van der Waals surface area contributed by atoms with Gasteiger partial charge in [-0.05, 0) is 42.8 Å². The molecule has 1 unspecified atom stereocenters. The Labute approximate surface area is 208 Å². The zero-order chi connectivity index (χ0) is 27.0. The van der Waals surface area contributed by atoms with E-state index in [-0.39, 0.29) is 19.3 Å². The fourth-order valence-corrected chi connectivity index (χ4v) is 5.69. The molecule has 1 saturated heterocycles. The highest BCUT2D eigenvalue weighted by Gasteiger charge is 2.44. The Morgan fingerprint density at radius 2 is 1.70 bits per heavy atom. The molecule has 37 heavy (non-hydrogen) atoms. The first-order chi connectivity index (χ1) is 17.4. The Bertz CT molecular complexity index is 1410. The molecule has 1 fully saturated rings. The Morgan fingerprint density at radius 3 is 2.35 bits per heavy atom. The second kappa shape index (κ2) is 10.2. The van der Waals surface area contributed by atoms with E-state index < -0.39 is 62.8 Å². The molecule has 0 aliphatic carbocycles. The number of aromatic nitrogens is 2. The number of Topliss-reactive ketones (excluding diaryl/α,β-unsaturated/α-hetero) is 1. The fraction of sp³-hybridized carbons (Fsp3) is 0.292. The van der Waals surface area contributed by atoms with Crippen LogP contribution in [0.3, 0.4) is 0 Å². The van der Waals surface area contributed by atoms with Crippen molar-refractivity contribution in [2.75, 3.05) is 6.54 Å². The van der Waals surface area contributed by atoms with Crippen LogP contribution in [0.5, 0.6) is 0 Å². The summed E-state index contributed by atoms with van der Waals surface area (Å²) >= 11 is 0. The lowest BCUT2D eigenvalue weighted by Gasteiger charge is -2.22. The average Bonchev–Trinajstić information content (AvgIpc) is 3.26. The summed E-state index contributed by atoms with van der Waals surface area (Å²) in [5, 5.41) is 0. The highest BCUT2D eigenvalue weighted by molar-refractivity contribution is 7.89. The average molecular weight is 543 g/mol. The molecule has 0 radical (unpaired) electrons. The fourth-order valence-electron chi connectivity index (χ4n) is 4.03. The highest BCUT2D eigenvalue weighted by Crippen LogP contribution is 2.32. The van der Waals surface area contributed by atoms with Crippen molar-refractivity contribution in [1.29, 1.82) is 0 Å². The van der Waals surface area contributed by atoms with Crippen molar-refractivity contribution >= 4 is 15.8 Å². The molecule has 13 heteroatoms. The van der Waals surface area contributed by atoms with E-state index in [0.29, 0.717) is 33.4 Å². The molecule has 6 nitrogen and oxygen atoms in total. The summed E-state index contributed by atoms with van der Waals surface area (Å²) in [7, 11) is -4.48. The van der Waals surface area contributed by atoms with E-state index in [1.807, 2.05) is 0 Å². The zero-order valence-electron chi connectivity index (χ0n) is 18.9. The maximum Gasteiger partial charge on any atom is 0.416 e. The van der Waals surface area contributed by atoms with Crippen LogP contribution in [0.2, 0.25) is 0 Å². The van der Waals surface area contributed by atoms with Crippen LogP contribution in [0, 0.1) is 11.6 Å². The molecule has 1 aliphatic heterocycles. The minimum absolute atomic E-state index is 0.0293. The number of sulfonamides is 1. The van der Waals surface area contributed by atoms with Gasteiger partial charge in [0, 0.05) is 30.6 Å². The van der Waals surface area contributed by atoms with Gasteiger partial charge >= 0.3 is 6.18 Å². The first-order valence-electron chi connectivity index (χ1n) is 11.0. The first kappa shape index (κ1) is 26.7. The number of hydrogen-bond donors (Lipinski definition) is 0. The van der Waals surface area contributed by atoms with Crippen LogP contribution in [-0.2, 0) is 27.4 Å². The third-order valence-corrected chi connectivity index (χ3v) is 7.80. The highest BCUT2D eigenvalue weighted by atomic mass is 32.2. The second-order valence-electron chi connectivity index (χ2n) is 8.44. The normalized spacial score (nSPS) is 18.8. The van der Waals surface area contributed by atoms with Gasteiger partial charge in [0.05, 0.1) is 22.2 Å². The zero-order valence-corrected chi connectivity index (χ0v) is 19.7. The number of carbonyl (C=O) groups is 1. The van der Waals surface area contributed by atoms with Crippen LogP contribution in [0.15, 0.2) is 59.8 Å². The van der Waals surface area contributed by atoms with Crippen LogP contribution in [0.1, 0.15) is 24.1 Å². The summed E-state index contributed by atoms with van der Waals surface area (Å²) < 4.78 is 106. The van der Waals surface area contributed by atoms with Crippen molar-refractivity contribution in [1.82, 2.24) is 14.3 Å². The molecule has 3 aromatic rings. The van der Waals surface area contributed by atoms with Crippen LogP contribution in [0.4, 0.5) is 26.3 Å². The molecule has 1 aromatic heterocycles. The van der Waals surface area contributed by atoms with E-state index in [0.717, 1.165) is 18.2 Å². The number of hydrogen-bond acceptors (Lipinski definition) is 5. The van der Waals surface area contributed by atoms with Crippen molar-refractivity contribution in [3.63, 3.8) is 0 Å². The standard InChI is InChI=1S/C24H19F6N3O3S/c25-16-9-22(33(12-16)37(35,36)18-6-7-19(26)20(27)11-18)23(34)8-5-17-10-21(32-13-31-17)14-1-3-15(4-2-14)24(28,29)30/h1-4,6-7,10-11,13,16,22H,5,8-9,12H2/t16-,22?/m1/s1. The molecule has 0 amide bonds. The number of rotatable bonds is 7. The number of carbonyl (C=O) groups excluding carboxylic acids is 1. The number of benzene rings is 2. The van der Waals surface area contributed by atoms with Gasteiger partial charge in [-0.2, -0.15) is 17.5 Å². The van der Waals surface area contributed by atoms with Gasteiger partial charge in [-0.15, -0.1) is 0 Å². The Balaban J connectivity index is 1.48. The predicted molar refractivity (Wildman–Crippen MR) is 119 cm³/mol.